The first-order valence-electron chi connectivity index (χ1n) is 9.96. The Balaban J connectivity index is 4.46. The van der Waals surface area contributed by atoms with Gasteiger partial charge in [-0.05, 0) is 60.8 Å². The third-order valence-electron chi connectivity index (χ3n) is 3.42. The molecule has 2 atom stereocenters. The van der Waals surface area contributed by atoms with Crippen LogP contribution in [0.2, 0.25) is 0 Å². The summed E-state index contributed by atoms with van der Waals surface area (Å²) in [6.07, 6.45) is 4.38. The zero-order valence-electron chi connectivity index (χ0n) is 19.1. The van der Waals surface area contributed by atoms with E-state index in [4.69, 9.17) is 20.6 Å². The first-order valence-corrected chi connectivity index (χ1v) is 9.96. The minimum atomic E-state index is -1.20. The van der Waals surface area contributed by atoms with Crippen molar-refractivity contribution < 1.29 is 38.5 Å². The van der Waals surface area contributed by atoms with Crippen molar-refractivity contribution in [3.63, 3.8) is 0 Å². The summed E-state index contributed by atoms with van der Waals surface area (Å²) >= 11 is 0. The van der Waals surface area contributed by atoms with E-state index in [0.717, 1.165) is 0 Å². The van der Waals surface area contributed by atoms with Crippen LogP contribution >= 0.6 is 0 Å². The van der Waals surface area contributed by atoms with Crippen LogP contribution in [0.3, 0.4) is 0 Å². The molecule has 0 aromatic heterocycles. The van der Waals surface area contributed by atoms with Gasteiger partial charge < -0.3 is 30.0 Å². The molecule has 3 N–H and O–H groups in total. The van der Waals surface area contributed by atoms with E-state index in [1.54, 1.807) is 41.5 Å². The quantitative estimate of drug-likeness (QED) is 0.203. The van der Waals surface area contributed by atoms with Crippen LogP contribution in [0, 0.1) is 12.3 Å². The van der Waals surface area contributed by atoms with Crippen molar-refractivity contribution >= 4 is 24.1 Å². The molecule has 0 fully saturated rings. The number of hydrogen-bond acceptors (Lipinski definition) is 7. The van der Waals surface area contributed by atoms with Crippen molar-refractivity contribution in [2.24, 2.45) is 0 Å². The number of esters is 1. The Kier molecular flexibility index (Phi) is 11.5. The number of terminal acetylenes is 1. The van der Waals surface area contributed by atoms with Gasteiger partial charge in [0.05, 0.1) is 6.61 Å². The fraction of sp³-hybridized carbons (Fsp3) is 0.714. The van der Waals surface area contributed by atoms with Gasteiger partial charge in [0.25, 0.3) is 0 Å². The molecule has 10 heteroatoms. The van der Waals surface area contributed by atoms with Crippen LogP contribution in [-0.2, 0) is 23.8 Å². The lowest BCUT2D eigenvalue weighted by molar-refractivity contribution is -0.146. The minimum Gasteiger partial charge on any atom is -0.480 e. The van der Waals surface area contributed by atoms with Gasteiger partial charge in [0.1, 0.15) is 23.3 Å². The van der Waals surface area contributed by atoms with Gasteiger partial charge in [-0.1, -0.05) is 0 Å². The number of alkyl carbamates (subject to hydrolysis) is 2. The lowest BCUT2D eigenvalue weighted by Crippen LogP contribution is -2.44. The molecule has 0 heterocycles. The Morgan fingerprint density at radius 1 is 0.903 bits per heavy atom. The van der Waals surface area contributed by atoms with Gasteiger partial charge >= 0.3 is 24.1 Å². The van der Waals surface area contributed by atoms with E-state index in [2.05, 4.69) is 16.6 Å². The van der Waals surface area contributed by atoms with Crippen molar-refractivity contribution in [1.82, 2.24) is 10.6 Å². The lowest BCUT2D eigenvalue weighted by atomic mass is 10.1. The molecule has 0 aliphatic carbocycles. The molecule has 0 bridgehead atoms. The monoisotopic (exact) mass is 442 g/mol. The summed E-state index contributed by atoms with van der Waals surface area (Å²) in [5.74, 6) is 0.379. The molecule has 0 saturated carbocycles. The molecule has 0 rings (SSSR count). The summed E-state index contributed by atoms with van der Waals surface area (Å²) in [5.41, 5.74) is -1.48. The number of carboxylic acids is 1. The Morgan fingerprint density at radius 2 is 1.39 bits per heavy atom. The molecule has 0 radical (unpaired) electrons. The van der Waals surface area contributed by atoms with E-state index in [1.165, 1.54) is 0 Å². The van der Waals surface area contributed by atoms with Gasteiger partial charge in [-0.25, -0.2) is 19.2 Å². The largest absolute Gasteiger partial charge is 0.480 e. The molecule has 0 aliphatic rings. The third kappa shape index (κ3) is 14.6. The van der Waals surface area contributed by atoms with E-state index >= 15 is 0 Å². The number of rotatable bonds is 10. The Hall–Kier alpha value is -2.96. The molecular weight excluding hydrogens is 408 g/mol. The number of carboxylic acid groups (broad SMARTS) is 1. The number of carbonyl (C=O) groups is 4. The second kappa shape index (κ2) is 12.7. The topological polar surface area (TPSA) is 140 Å². The molecule has 0 aromatic rings. The maximum atomic E-state index is 12.2. The summed E-state index contributed by atoms with van der Waals surface area (Å²) in [4.78, 5) is 47.0. The smallest absolute Gasteiger partial charge is 0.408 e. The molecule has 0 saturated heterocycles. The number of ether oxygens (including phenoxy) is 3. The second-order valence-corrected chi connectivity index (χ2v) is 8.81. The van der Waals surface area contributed by atoms with Crippen molar-refractivity contribution in [3.05, 3.63) is 0 Å². The lowest BCUT2D eigenvalue weighted by Gasteiger charge is -2.22. The number of hydrogen-bond donors (Lipinski definition) is 3. The highest BCUT2D eigenvalue weighted by molar-refractivity contribution is 5.82. The van der Waals surface area contributed by atoms with E-state index in [0.29, 0.717) is 12.8 Å². The van der Waals surface area contributed by atoms with Crippen LogP contribution in [0.4, 0.5) is 9.59 Å². The Morgan fingerprint density at radius 3 is 1.81 bits per heavy atom. The molecule has 31 heavy (non-hydrogen) atoms. The Labute approximate surface area is 183 Å². The number of unbranched alkanes of at least 4 members (excludes halogenated alkanes) is 1. The number of carbonyl (C=O) groups excluding carboxylic acids is 3. The van der Waals surface area contributed by atoms with Crippen LogP contribution < -0.4 is 10.6 Å². The molecule has 2 amide bonds. The summed E-state index contributed by atoms with van der Waals surface area (Å²) in [6.45, 7) is 10.1. The minimum absolute atomic E-state index is 0.00528. The van der Waals surface area contributed by atoms with E-state index < -0.39 is 47.4 Å². The number of amides is 2. The maximum Gasteiger partial charge on any atom is 0.408 e. The molecule has 0 aliphatic heterocycles. The zero-order chi connectivity index (χ0) is 24.2. The normalized spacial score (nSPS) is 13.2. The average molecular weight is 443 g/mol. The van der Waals surface area contributed by atoms with Crippen LogP contribution in [0.25, 0.3) is 0 Å². The van der Waals surface area contributed by atoms with Crippen LogP contribution in [0.5, 0.6) is 0 Å². The zero-order valence-corrected chi connectivity index (χ0v) is 19.1. The highest BCUT2D eigenvalue weighted by atomic mass is 16.6. The third-order valence-corrected chi connectivity index (χ3v) is 3.42. The molecular formula is C21H34N2O8. The van der Waals surface area contributed by atoms with E-state index in [-0.39, 0.29) is 19.4 Å². The first kappa shape index (κ1) is 28.0. The molecule has 0 aromatic carbocycles. The van der Waals surface area contributed by atoms with Crippen molar-refractivity contribution in [1.29, 1.82) is 0 Å². The highest BCUT2D eigenvalue weighted by Crippen LogP contribution is 2.10. The number of nitrogens with one attached hydrogen (secondary N) is 2. The summed E-state index contributed by atoms with van der Waals surface area (Å²) in [6, 6.07) is -2.19. The van der Waals surface area contributed by atoms with Gasteiger partial charge in [0.15, 0.2) is 0 Å². The van der Waals surface area contributed by atoms with Gasteiger partial charge in [-0.15, -0.1) is 12.3 Å². The fourth-order valence-electron chi connectivity index (χ4n) is 2.19. The molecule has 176 valence electrons. The van der Waals surface area contributed by atoms with Gasteiger partial charge in [0, 0.05) is 6.42 Å². The first-order chi connectivity index (χ1) is 14.1. The average Bonchev–Trinajstić information content (AvgIpc) is 2.56. The van der Waals surface area contributed by atoms with Crippen LogP contribution in [-0.4, -0.2) is 59.1 Å². The number of aliphatic carboxylic acids is 1. The SMILES string of the molecule is C#CC[C@@H](NC(=O)OC(C)(C)C)C(=O)OCCCC[C@H](NC(=O)OC(C)(C)C)C(=O)O. The summed E-state index contributed by atoms with van der Waals surface area (Å²) in [7, 11) is 0. The van der Waals surface area contributed by atoms with Crippen LogP contribution in [0.15, 0.2) is 0 Å². The molecule has 0 spiro atoms. The Bertz CT molecular complexity index is 670. The molecule has 0 unspecified atom stereocenters. The second-order valence-electron chi connectivity index (χ2n) is 8.81. The standard InChI is InChI=1S/C21H34N2O8/c1-8-11-15(23-19(28)31-21(5,6)7)17(26)29-13-10-9-12-14(16(24)25)22-18(27)30-20(2,3)4/h1,14-15H,9-13H2,2-7H3,(H,22,27)(H,23,28)(H,24,25)/t14-,15+/m0/s1. The van der Waals surface area contributed by atoms with Crippen molar-refractivity contribution in [2.45, 2.75) is 90.5 Å². The summed E-state index contributed by atoms with van der Waals surface area (Å²) < 4.78 is 15.2. The molecule has 10 nitrogen and oxygen atoms in total. The van der Waals surface area contributed by atoms with E-state index in [9.17, 15) is 24.3 Å². The highest BCUT2D eigenvalue weighted by Gasteiger charge is 2.26. The van der Waals surface area contributed by atoms with Gasteiger partial charge in [-0.2, -0.15) is 0 Å². The van der Waals surface area contributed by atoms with Gasteiger partial charge in [0.2, 0.25) is 0 Å². The van der Waals surface area contributed by atoms with Crippen molar-refractivity contribution in [2.75, 3.05) is 6.61 Å². The predicted octanol–water partition coefficient (Wildman–Crippen LogP) is 2.59. The predicted molar refractivity (Wildman–Crippen MR) is 112 cm³/mol. The maximum absolute atomic E-state index is 12.2. The fourth-order valence-corrected chi connectivity index (χ4v) is 2.19. The van der Waals surface area contributed by atoms with Gasteiger partial charge in [-0.3, -0.25) is 0 Å². The van der Waals surface area contributed by atoms with Crippen molar-refractivity contribution in [3.8, 4) is 12.3 Å². The van der Waals surface area contributed by atoms with Crippen LogP contribution in [0.1, 0.15) is 67.2 Å². The van der Waals surface area contributed by atoms with E-state index in [1.807, 2.05) is 0 Å². The summed E-state index contributed by atoms with van der Waals surface area (Å²) in [5, 5.41) is 13.9.